The molecule has 1 aromatic carbocycles. The summed E-state index contributed by atoms with van der Waals surface area (Å²) in [5.74, 6) is 0.394. The van der Waals surface area contributed by atoms with E-state index in [1.807, 2.05) is 26.8 Å². The molecule has 0 bridgehead atoms. The van der Waals surface area contributed by atoms with E-state index < -0.39 is 0 Å². The van der Waals surface area contributed by atoms with Crippen LogP contribution < -0.4 is 5.32 Å². The summed E-state index contributed by atoms with van der Waals surface area (Å²) in [4.78, 5) is 11.4. The maximum Gasteiger partial charge on any atom is 0.235 e. The fourth-order valence-corrected chi connectivity index (χ4v) is 2.41. The molecule has 0 spiro atoms. The Kier molecular flexibility index (Phi) is 5.46. The van der Waals surface area contributed by atoms with Crippen LogP contribution in [-0.2, 0) is 11.2 Å². The first-order valence-electron chi connectivity index (χ1n) is 6.85. The maximum absolute atomic E-state index is 11.4. The standard InChI is InChI=1S/C16H24ClNO2/c1-10(2)13-7-12(11(3)6-14(13)19)8-16(4,5)18-15(20)9-17/h6-7,10,19H,8-9H2,1-5H3,(H,18,20). The number of amides is 1. The predicted molar refractivity (Wildman–Crippen MR) is 83.6 cm³/mol. The largest absolute Gasteiger partial charge is 0.508 e. The van der Waals surface area contributed by atoms with E-state index >= 15 is 0 Å². The van der Waals surface area contributed by atoms with Gasteiger partial charge in [-0.25, -0.2) is 0 Å². The number of aromatic hydroxyl groups is 1. The lowest BCUT2D eigenvalue weighted by molar-refractivity contribution is -0.120. The van der Waals surface area contributed by atoms with Gasteiger partial charge in [-0.15, -0.1) is 11.6 Å². The van der Waals surface area contributed by atoms with Gasteiger partial charge < -0.3 is 10.4 Å². The first-order valence-corrected chi connectivity index (χ1v) is 7.39. The number of benzene rings is 1. The van der Waals surface area contributed by atoms with E-state index in [0.29, 0.717) is 12.2 Å². The van der Waals surface area contributed by atoms with Gasteiger partial charge in [0.1, 0.15) is 11.6 Å². The highest BCUT2D eigenvalue weighted by molar-refractivity contribution is 6.27. The first-order chi connectivity index (χ1) is 9.16. The minimum Gasteiger partial charge on any atom is -0.508 e. The molecule has 0 saturated heterocycles. The lowest BCUT2D eigenvalue weighted by Crippen LogP contribution is -2.45. The third-order valence-electron chi connectivity index (χ3n) is 3.34. The van der Waals surface area contributed by atoms with E-state index in [-0.39, 0.29) is 23.2 Å². The minimum absolute atomic E-state index is 0.0325. The average Bonchev–Trinajstić information content (AvgIpc) is 2.31. The van der Waals surface area contributed by atoms with Gasteiger partial charge in [0.05, 0.1) is 0 Å². The molecular weight excluding hydrogens is 274 g/mol. The molecular formula is C16H24ClNO2. The molecule has 0 aliphatic rings. The second-order valence-corrected chi connectivity index (χ2v) is 6.50. The molecule has 0 heterocycles. The Balaban J connectivity index is 3.02. The summed E-state index contributed by atoms with van der Waals surface area (Å²) in [6.45, 7) is 10.0. The molecule has 0 fully saturated rings. The van der Waals surface area contributed by atoms with Gasteiger partial charge in [-0.1, -0.05) is 19.9 Å². The number of phenols is 1. The highest BCUT2D eigenvalue weighted by atomic mass is 35.5. The molecule has 1 amide bonds. The van der Waals surface area contributed by atoms with Crippen LogP contribution in [0.5, 0.6) is 5.75 Å². The van der Waals surface area contributed by atoms with Crippen molar-refractivity contribution in [2.24, 2.45) is 0 Å². The van der Waals surface area contributed by atoms with E-state index in [1.165, 1.54) is 0 Å². The molecule has 0 saturated carbocycles. The average molecular weight is 298 g/mol. The molecule has 4 heteroatoms. The fourth-order valence-electron chi connectivity index (χ4n) is 2.34. The van der Waals surface area contributed by atoms with Crippen LogP contribution in [0.15, 0.2) is 12.1 Å². The molecule has 1 aromatic rings. The van der Waals surface area contributed by atoms with Crippen LogP contribution >= 0.6 is 11.6 Å². The Morgan fingerprint density at radius 3 is 2.50 bits per heavy atom. The third-order valence-corrected chi connectivity index (χ3v) is 3.58. The summed E-state index contributed by atoms with van der Waals surface area (Å²) in [5.41, 5.74) is 2.72. The number of rotatable bonds is 5. The third kappa shape index (κ3) is 4.41. The quantitative estimate of drug-likeness (QED) is 0.817. The summed E-state index contributed by atoms with van der Waals surface area (Å²) in [6, 6.07) is 3.83. The zero-order valence-corrected chi connectivity index (χ0v) is 13.6. The number of hydrogen-bond donors (Lipinski definition) is 2. The molecule has 3 nitrogen and oxygen atoms in total. The zero-order chi connectivity index (χ0) is 15.5. The van der Waals surface area contributed by atoms with Crippen LogP contribution in [0, 0.1) is 6.92 Å². The van der Waals surface area contributed by atoms with Crippen LogP contribution in [0.2, 0.25) is 0 Å². The Morgan fingerprint density at radius 2 is 2.00 bits per heavy atom. The zero-order valence-electron chi connectivity index (χ0n) is 12.9. The van der Waals surface area contributed by atoms with Crippen molar-refractivity contribution >= 4 is 17.5 Å². The topological polar surface area (TPSA) is 49.3 Å². The van der Waals surface area contributed by atoms with E-state index in [4.69, 9.17) is 11.6 Å². The summed E-state index contributed by atoms with van der Waals surface area (Å²) in [7, 11) is 0. The SMILES string of the molecule is Cc1cc(O)c(C(C)C)cc1CC(C)(C)NC(=O)CCl. The van der Waals surface area contributed by atoms with Crippen LogP contribution in [0.3, 0.4) is 0 Å². The molecule has 0 aromatic heterocycles. The summed E-state index contributed by atoms with van der Waals surface area (Å²) >= 11 is 5.53. The Morgan fingerprint density at radius 1 is 1.40 bits per heavy atom. The molecule has 20 heavy (non-hydrogen) atoms. The smallest absolute Gasteiger partial charge is 0.235 e. The molecule has 2 N–H and O–H groups in total. The van der Waals surface area contributed by atoms with E-state index in [1.54, 1.807) is 6.07 Å². The highest BCUT2D eigenvalue weighted by Gasteiger charge is 2.22. The molecule has 0 atom stereocenters. The second-order valence-electron chi connectivity index (χ2n) is 6.23. The lowest BCUT2D eigenvalue weighted by atomic mass is 9.89. The maximum atomic E-state index is 11.4. The van der Waals surface area contributed by atoms with Gasteiger partial charge in [0.25, 0.3) is 0 Å². The molecule has 0 aliphatic carbocycles. The fraction of sp³-hybridized carbons (Fsp3) is 0.562. The summed E-state index contributed by atoms with van der Waals surface area (Å²) < 4.78 is 0. The minimum atomic E-state index is -0.373. The van der Waals surface area contributed by atoms with Gasteiger partial charge in [-0.2, -0.15) is 0 Å². The monoisotopic (exact) mass is 297 g/mol. The van der Waals surface area contributed by atoms with Crippen LogP contribution in [-0.4, -0.2) is 22.4 Å². The second kappa shape index (κ2) is 6.49. The molecule has 112 valence electrons. The van der Waals surface area contributed by atoms with Crippen molar-refractivity contribution in [2.45, 2.75) is 52.5 Å². The van der Waals surface area contributed by atoms with Gasteiger partial charge in [-0.05, 0) is 55.9 Å². The number of nitrogens with one attached hydrogen (secondary N) is 1. The van der Waals surface area contributed by atoms with Gasteiger partial charge in [0.15, 0.2) is 0 Å². The number of phenolic OH excluding ortho intramolecular Hbond substituents is 1. The van der Waals surface area contributed by atoms with Gasteiger partial charge >= 0.3 is 0 Å². The summed E-state index contributed by atoms with van der Waals surface area (Å²) in [5, 5.41) is 12.9. The molecule has 0 unspecified atom stereocenters. The van der Waals surface area contributed by atoms with Crippen LogP contribution in [0.4, 0.5) is 0 Å². The number of hydrogen-bond acceptors (Lipinski definition) is 2. The number of alkyl halides is 1. The van der Waals surface area contributed by atoms with Crippen molar-refractivity contribution in [1.82, 2.24) is 5.32 Å². The molecule has 0 radical (unpaired) electrons. The van der Waals surface area contributed by atoms with Crippen molar-refractivity contribution in [2.75, 3.05) is 5.88 Å². The normalized spacial score (nSPS) is 11.8. The Labute approximate surface area is 126 Å². The van der Waals surface area contributed by atoms with Crippen molar-refractivity contribution < 1.29 is 9.90 Å². The van der Waals surface area contributed by atoms with Gasteiger partial charge in [0, 0.05) is 5.54 Å². The highest BCUT2D eigenvalue weighted by Crippen LogP contribution is 2.30. The Bertz CT molecular complexity index is 495. The number of halogens is 1. The van der Waals surface area contributed by atoms with Crippen molar-refractivity contribution in [3.05, 3.63) is 28.8 Å². The molecule has 1 rings (SSSR count). The van der Waals surface area contributed by atoms with E-state index in [9.17, 15) is 9.90 Å². The lowest BCUT2D eigenvalue weighted by Gasteiger charge is -2.27. The van der Waals surface area contributed by atoms with Crippen molar-refractivity contribution in [3.8, 4) is 5.75 Å². The van der Waals surface area contributed by atoms with Crippen molar-refractivity contribution in [1.29, 1.82) is 0 Å². The van der Waals surface area contributed by atoms with E-state index in [2.05, 4.69) is 19.2 Å². The first kappa shape index (κ1) is 16.8. The van der Waals surface area contributed by atoms with Crippen molar-refractivity contribution in [3.63, 3.8) is 0 Å². The van der Waals surface area contributed by atoms with E-state index in [0.717, 1.165) is 16.7 Å². The van der Waals surface area contributed by atoms with Crippen LogP contribution in [0.1, 0.15) is 50.3 Å². The van der Waals surface area contributed by atoms with Gasteiger partial charge in [0.2, 0.25) is 5.91 Å². The number of aryl methyl sites for hydroxylation is 1. The van der Waals surface area contributed by atoms with Crippen LogP contribution in [0.25, 0.3) is 0 Å². The number of carbonyl (C=O) groups is 1. The Hall–Kier alpha value is -1.22. The summed E-state index contributed by atoms with van der Waals surface area (Å²) in [6.07, 6.45) is 0.696. The van der Waals surface area contributed by atoms with Gasteiger partial charge in [-0.3, -0.25) is 4.79 Å². The molecule has 0 aliphatic heterocycles. The predicted octanol–water partition coefficient (Wildman–Crippen LogP) is 3.50. The number of carbonyl (C=O) groups excluding carboxylic acids is 1.